The van der Waals surface area contributed by atoms with Crippen LogP contribution in [0.4, 0.5) is 13.2 Å². The molecule has 29 heavy (non-hydrogen) atoms. The Balaban J connectivity index is 2.15. The number of aromatic nitrogens is 3. The van der Waals surface area contributed by atoms with Crippen molar-refractivity contribution < 1.29 is 17.9 Å². The molecule has 0 aliphatic heterocycles. The van der Waals surface area contributed by atoms with Crippen molar-refractivity contribution in [1.29, 1.82) is 10.8 Å². The molecule has 0 aliphatic carbocycles. The maximum Gasteiger partial charge on any atom is 0.416 e. The monoisotopic (exact) mass is 421 g/mol. The standard InChI is InChI=1S/C19H15ClF3N5O/c1-10-7-16(27-28(17(10)24)18(20)25)29-15-8-13(19(21,22)23)5-6-14(15)12-4-3-11(2)26-9-12/h3-9,24-25H,1-2H3. The van der Waals surface area contributed by atoms with E-state index >= 15 is 0 Å². The zero-order valence-corrected chi connectivity index (χ0v) is 16.1. The summed E-state index contributed by atoms with van der Waals surface area (Å²) in [5.41, 5.74) is 1.06. The topological polar surface area (TPSA) is 87.6 Å². The van der Waals surface area contributed by atoms with Crippen molar-refractivity contribution in [3.05, 3.63) is 64.9 Å². The van der Waals surface area contributed by atoms with Crippen LogP contribution in [-0.4, -0.2) is 20.1 Å². The first-order chi connectivity index (χ1) is 13.6. The summed E-state index contributed by atoms with van der Waals surface area (Å²) in [4.78, 5) is 4.17. The van der Waals surface area contributed by atoms with Crippen molar-refractivity contribution >= 4 is 16.9 Å². The molecule has 0 bridgehead atoms. The number of pyridine rings is 1. The summed E-state index contributed by atoms with van der Waals surface area (Å²) in [6.07, 6.45) is -3.03. The van der Waals surface area contributed by atoms with Gasteiger partial charge < -0.3 is 4.74 Å². The molecule has 10 heteroatoms. The van der Waals surface area contributed by atoms with Crippen molar-refractivity contribution in [3.8, 4) is 22.8 Å². The van der Waals surface area contributed by atoms with Gasteiger partial charge in [-0.1, -0.05) is 6.07 Å². The van der Waals surface area contributed by atoms with Gasteiger partial charge in [0.25, 0.3) is 0 Å². The van der Waals surface area contributed by atoms with Gasteiger partial charge in [-0.3, -0.25) is 15.8 Å². The van der Waals surface area contributed by atoms with Gasteiger partial charge in [0.05, 0.1) is 5.56 Å². The van der Waals surface area contributed by atoms with Crippen molar-refractivity contribution in [2.75, 3.05) is 0 Å². The minimum absolute atomic E-state index is 0.0947. The van der Waals surface area contributed by atoms with E-state index < -0.39 is 17.0 Å². The van der Waals surface area contributed by atoms with Crippen LogP contribution in [0, 0.1) is 24.7 Å². The predicted molar refractivity (Wildman–Crippen MR) is 101 cm³/mol. The highest BCUT2D eigenvalue weighted by atomic mass is 35.5. The van der Waals surface area contributed by atoms with Crippen LogP contribution in [0.25, 0.3) is 11.1 Å². The van der Waals surface area contributed by atoms with Gasteiger partial charge in [0.1, 0.15) is 5.75 Å². The molecule has 0 fully saturated rings. The Morgan fingerprint density at radius 3 is 2.45 bits per heavy atom. The van der Waals surface area contributed by atoms with E-state index in [-0.39, 0.29) is 17.1 Å². The zero-order chi connectivity index (χ0) is 21.3. The molecule has 3 aromatic rings. The minimum atomic E-state index is -4.56. The van der Waals surface area contributed by atoms with Gasteiger partial charge in [0.15, 0.2) is 5.49 Å². The molecule has 0 radical (unpaired) electrons. The molecule has 1 aromatic carbocycles. The molecule has 2 aromatic heterocycles. The van der Waals surface area contributed by atoms with Crippen LogP contribution in [0.15, 0.2) is 42.6 Å². The van der Waals surface area contributed by atoms with Gasteiger partial charge in [-0.2, -0.15) is 17.9 Å². The molecule has 0 saturated heterocycles. The number of aryl methyl sites for hydroxylation is 2. The van der Waals surface area contributed by atoms with Crippen LogP contribution in [0.3, 0.4) is 0 Å². The Hall–Kier alpha value is -3.20. The molecule has 0 aliphatic rings. The smallest absolute Gasteiger partial charge is 0.416 e. The Kier molecular flexibility index (Phi) is 5.43. The lowest BCUT2D eigenvalue weighted by molar-refractivity contribution is -0.137. The third-order valence-electron chi connectivity index (χ3n) is 4.06. The highest BCUT2D eigenvalue weighted by Gasteiger charge is 2.31. The highest BCUT2D eigenvalue weighted by molar-refractivity contribution is 6.64. The first-order valence-corrected chi connectivity index (χ1v) is 8.66. The number of rotatable bonds is 3. The Morgan fingerprint density at radius 2 is 1.86 bits per heavy atom. The van der Waals surface area contributed by atoms with Gasteiger partial charge in [0.2, 0.25) is 11.2 Å². The molecule has 150 valence electrons. The molecule has 0 saturated carbocycles. The van der Waals surface area contributed by atoms with Crippen molar-refractivity contribution in [3.63, 3.8) is 0 Å². The minimum Gasteiger partial charge on any atom is -0.437 e. The van der Waals surface area contributed by atoms with Crippen LogP contribution in [0.1, 0.15) is 16.8 Å². The second-order valence-electron chi connectivity index (χ2n) is 6.22. The van der Waals surface area contributed by atoms with Crippen molar-refractivity contribution in [2.45, 2.75) is 20.0 Å². The number of alkyl halides is 3. The second kappa shape index (κ2) is 7.67. The third kappa shape index (κ3) is 4.45. The van der Waals surface area contributed by atoms with E-state index in [2.05, 4.69) is 10.1 Å². The second-order valence-corrected chi connectivity index (χ2v) is 6.57. The largest absolute Gasteiger partial charge is 0.437 e. The quantitative estimate of drug-likeness (QED) is 0.467. The van der Waals surface area contributed by atoms with E-state index in [0.717, 1.165) is 22.5 Å². The zero-order valence-electron chi connectivity index (χ0n) is 15.3. The van der Waals surface area contributed by atoms with E-state index in [9.17, 15) is 13.2 Å². The van der Waals surface area contributed by atoms with E-state index in [0.29, 0.717) is 16.7 Å². The van der Waals surface area contributed by atoms with Gasteiger partial charge in [-0.25, -0.2) is 0 Å². The lowest BCUT2D eigenvalue weighted by Crippen LogP contribution is -2.28. The summed E-state index contributed by atoms with van der Waals surface area (Å²) in [5.74, 6) is -0.202. The molecular weight excluding hydrogens is 407 g/mol. The highest BCUT2D eigenvalue weighted by Crippen LogP contribution is 2.38. The summed E-state index contributed by atoms with van der Waals surface area (Å²) in [6.45, 7) is 3.37. The number of nitrogens with one attached hydrogen (secondary N) is 2. The van der Waals surface area contributed by atoms with Crippen LogP contribution >= 0.6 is 11.6 Å². The number of ether oxygens (including phenoxy) is 1. The predicted octanol–water partition coefficient (Wildman–Crippen LogP) is 4.87. The fourth-order valence-electron chi connectivity index (χ4n) is 2.55. The average Bonchev–Trinajstić information content (AvgIpc) is 2.64. The van der Waals surface area contributed by atoms with Crippen molar-refractivity contribution in [2.24, 2.45) is 0 Å². The van der Waals surface area contributed by atoms with Crippen LogP contribution in [-0.2, 0) is 6.18 Å². The molecule has 0 amide bonds. The van der Waals surface area contributed by atoms with Gasteiger partial charge in [-0.05, 0) is 55.3 Å². The molecule has 0 unspecified atom stereocenters. The molecule has 6 nitrogen and oxygen atoms in total. The van der Waals surface area contributed by atoms with Crippen LogP contribution < -0.4 is 10.2 Å². The first kappa shape index (κ1) is 20.5. The summed E-state index contributed by atoms with van der Waals surface area (Å²) >= 11 is 5.63. The van der Waals surface area contributed by atoms with Gasteiger partial charge >= 0.3 is 6.18 Å². The molecule has 3 rings (SSSR count). The van der Waals surface area contributed by atoms with E-state index in [4.69, 9.17) is 27.2 Å². The number of benzene rings is 1. The summed E-state index contributed by atoms with van der Waals surface area (Å²) in [6, 6.07) is 7.97. The molecule has 2 heterocycles. The van der Waals surface area contributed by atoms with E-state index in [1.54, 1.807) is 26.0 Å². The van der Waals surface area contributed by atoms with E-state index in [1.165, 1.54) is 18.3 Å². The fraction of sp³-hybridized carbons (Fsp3) is 0.158. The maximum absolute atomic E-state index is 13.2. The summed E-state index contributed by atoms with van der Waals surface area (Å²) in [5, 5.41) is 18.7. The molecule has 0 spiro atoms. The number of hydrogen-bond acceptors (Lipinski definition) is 5. The van der Waals surface area contributed by atoms with Crippen LogP contribution in [0.2, 0.25) is 0 Å². The first-order valence-electron chi connectivity index (χ1n) is 8.28. The fourth-order valence-corrected chi connectivity index (χ4v) is 2.67. The van der Waals surface area contributed by atoms with Gasteiger partial charge in [-0.15, -0.1) is 5.10 Å². The average molecular weight is 422 g/mol. The normalized spacial score (nSPS) is 11.4. The molecular formula is C19H15ClF3N5O. The Labute approximate surface area is 168 Å². The molecule has 0 atom stereocenters. The number of nitrogens with zero attached hydrogens (tertiary/aromatic N) is 3. The lowest BCUT2D eigenvalue weighted by atomic mass is 10.0. The van der Waals surface area contributed by atoms with Gasteiger partial charge in [0, 0.05) is 29.1 Å². The number of hydrogen-bond donors (Lipinski definition) is 2. The SMILES string of the molecule is Cc1ccc(-c2ccc(C(F)(F)F)cc2Oc2cc(C)c(=N)n(C(=N)Cl)n2)cn1. The van der Waals surface area contributed by atoms with E-state index in [1.807, 2.05) is 0 Å². The maximum atomic E-state index is 13.2. The number of halogens is 4. The Morgan fingerprint density at radius 1 is 1.14 bits per heavy atom. The van der Waals surface area contributed by atoms with Crippen molar-refractivity contribution in [1.82, 2.24) is 14.8 Å². The third-order valence-corrected chi connectivity index (χ3v) is 4.22. The molecule has 2 N–H and O–H groups in total. The Bertz CT molecular complexity index is 1140. The van der Waals surface area contributed by atoms with Crippen LogP contribution in [0.5, 0.6) is 11.6 Å². The summed E-state index contributed by atoms with van der Waals surface area (Å²) < 4.78 is 46.1. The summed E-state index contributed by atoms with van der Waals surface area (Å²) in [7, 11) is 0. The lowest BCUT2D eigenvalue weighted by Gasteiger charge is -2.15.